The third-order valence-corrected chi connectivity index (χ3v) is 17.9. The second-order valence-corrected chi connectivity index (χ2v) is 28.0. The van der Waals surface area contributed by atoms with Gasteiger partial charge in [0.15, 0.2) is 12.4 Å². The van der Waals surface area contributed by atoms with E-state index in [0.29, 0.717) is 23.9 Å². The molecule has 0 aliphatic rings. The van der Waals surface area contributed by atoms with Gasteiger partial charge in [-0.15, -0.1) is 0 Å². The van der Waals surface area contributed by atoms with Gasteiger partial charge in [0.25, 0.3) is 0 Å². The van der Waals surface area contributed by atoms with Crippen molar-refractivity contribution in [2.75, 3.05) is 47.5 Å². The second-order valence-electron chi connectivity index (χ2n) is 28.0. The highest BCUT2D eigenvalue weighted by molar-refractivity contribution is 5.70. The van der Waals surface area contributed by atoms with Crippen molar-refractivity contribution >= 4 is 17.9 Å². The Labute approximate surface area is 553 Å². The number of likely N-dealkylation sites (N-methyl/N-ethyl adjacent to an activating group) is 1. The smallest absolute Gasteiger partial charge is 0.306 e. The molecule has 0 rings (SSSR count). The van der Waals surface area contributed by atoms with E-state index in [1.54, 1.807) is 0 Å². The predicted molar refractivity (Wildman–Crippen MR) is 380 cm³/mol. The lowest BCUT2D eigenvalue weighted by Gasteiger charge is -2.26. The first kappa shape index (κ1) is 86.5. The molecular formula is C80H151NO8. The molecule has 0 saturated carbocycles. The number of nitrogens with zero attached hydrogens (tertiary/aromatic N) is 1. The summed E-state index contributed by atoms with van der Waals surface area (Å²) in [4.78, 5) is 37.6. The average Bonchev–Trinajstić information content (AvgIpc) is 3.71. The van der Waals surface area contributed by atoms with Crippen LogP contribution in [0.5, 0.6) is 0 Å². The molecule has 0 saturated heterocycles. The van der Waals surface area contributed by atoms with Crippen LogP contribution in [0.2, 0.25) is 0 Å². The van der Waals surface area contributed by atoms with Crippen LogP contribution in [-0.2, 0) is 33.3 Å². The van der Waals surface area contributed by atoms with Crippen molar-refractivity contribution in [2.24, 2.45) is 0 Å². The number of carboxylic acids is 1. The zero-order chi connectivity index (χ0) is 64.7. The van der Waals surface area contributed by atoms with E-state index in [2.05, 4.69) is 50.3 Å². The number of carbonyl (C=O) groups excluding carboxylic acids is 3. The van der Waals surface area contributed by atoms with E-state index in [9.17, 15) is 19.5 Å². The van der Waals surface area contributed by atoms with Gasteiger partial charge < -0.3 is 33.3 Å². The molecule has 0 N–H and O–H groups in total. The lowest BCUT2D eigenvalue weighted by atomic mass is 10.0. The van der Waals surface area contributed by atoms with E-state index >= 15 is 0 Å². The number of quaternary nitrogens is 1. The van der Waals surface area contributed by atoms with E-state index in [4.69, 9.17) is 18.9 Å². The SMILES string of the molecule is CCCCCCC/C=C\C/C=C\C/C=C\CCCCCCCCCCCCCCCCC(=O)OC(COC(=O)CCCCCCCCCCCCCCCCCCCCCCCCCCCCCCCCCCCCC)COC(OCC[N+](C)(C)C)C(=O)[O-]. The quantitative estimate of drug-likeness (QED) is 0.0195. The molecule has 0 fully saturated rings. The average molecular weight is 1260 g/mol. The molecule has 0 spiro atoms. The summed E-state index contributed by atoms with van der Waals surface area (Å²) < 4.78 is 22.9. The molecule has 2 atom stereocenters. The molecule has 9 heteroatoms. The zero-order valence-electron chi connectivity index (χ0n) is 60.1. The lowest BCUT2D eigenvalue weighted by molar-refractivity contribution is -0.870. The highest BCUT2D eigenvalue weighted by Gasteiger charge is 2.22. The van der Waals surface area contributed by atoms with Crippen LogP contribution in [-0.4, -0.2) is 82.3 Å². The van der Waals surface area contributed by atoms with Crippen LogP contribution >= 0.6 is 0 Å². The molecule has 0 aromatic carbocycles. The van der Waals surface area contributed by atoms with Crippen molar-refractivity contribution in [3.63, 3.8) is 0 Å². The molecule has 89 heavy (non-hydrogen) atoms. The van der Waals surface area contributed by atoms with Crippen LogP contribution in [0.15, 0.2) is 36.5 Å². The summed E-state index contributed by atoms with van der Waals surface area (Å²) in [6.45, 7) is 4.81. The standard InChI is InChI=1S/C80H151NO8/c1-6-8-10-12-14-16-18-20-22-24-26-28-30-32-34-36-37-38-39-40-41-43-44-46-48-50-52-54-56-58-60-62-64-66-68-70-77(82)87-74-76(75-88-80(79(84)85)86-73-72-81(3,4)5)89-78(83)71-69-67-65-63-61-59-57-55-53-51-49-47-45-42-35-33-31-29-27-25-23-21-19-17-15-13-11-9-7-2/h19,21,25,27,31,33,76,80H,6-18,20,22-24,26,28-30,32,34-75H2,1-5H3/b21-19-,27-25-,33-31-. The summed E-state index contributed by atoms with van der Waals surface area (Å²) in [5.41, 5.74) is 0. The van der Waals surface area contributed by atoms with Gasteiger partial charge in [-0.1, -0.05) is 371 Å². The van der Waals surface area contributed by atoms with Crippen LogP contribution in [0.3, 0.4) is 0 Å². The first-order chi connectivity index (χ1) is 43.6. The number of hydrogen-bond acceptors (Lipinski definition) is 8. The van der Waals surface area contributed by atoms with Gasteiger partial charge >= 0.3 is 11.9 Å². The number of hydrogen-bond donors (Lipinski definition) is 0. The fourth-order valence-electron chi connectivity index (χ4n) is 11.9. The normalized spacial score (nSPS) is 12.8. The topological polar surface area (TPSA) is 111 Å². The highest BCUT2D eigenvalue weighted by atomic mass is 16.7. The van der Waals surface area contributed by atoms with Gasteiger partial charge in [0.1, 0.15) is 13.2 Å². The maximum atomic E-state index is 13.0. The number of aliphatic carboxylic acids is 1. The Kier molecular flexibility index (Phi) is 69.4. The summed E-state index contributed by atoms with van der Waals surface area (Å²) in [6.07, 6.45) is 88.4. The maximum Gasteiger partial charge on any atom is 0.306 e. The first-order valence-electron chi connectivity index (χ1n) is 39.1. The Balaban J connectivity index is 3.99. The van der Waals surface area contributed by atoms with Crippen molar-refractivity contribution in [1.82, 2.24) is 0 Å². The van der Waals surface area contributed by atoms with Crippen LogP contribution in [0.1, 0.15) is 399 Å². The minimum atomic E-state index is -1.62. The maximum absolute atomic E-state index is 13.0. The van der Waals surface area contributed by atoms with E-state index in [1.165, 1.54) is 321 Å². The molecule has 2 unspecified atom stereocenters. The molecule has 0 amide bonds. The minimum Gasteiger partial charge on any atom is -0.545 e. The number of ether oxygens (including phenoxy) is 4. The van der Waals surface area contributed by atoms with Crippen molar-refractivity contribution < 1.29 is 42.9 Å². The summed E-state index contributed by atoms with van der Waals surface area (Å²) in [7, 11) is 5.95. The van der Waals surface area contributed by atoms with Crippen molar-refractivity contribution in [3.05, 3.63) is 36.5 Å². The first-order valence-corrected chi connectivity index (χ1v) is 39.1. The van der Waals surface area contributed by atoms with Crippen LogP contribution < -0.4 is 5.11 Å². The van der Waals surface area contributed by atoms with Gasteiger partial charge in [0, 0.05) is 12.8 Å². The number of carboxylic acid groups (broad SMARTS) is 1. The number of rotatable bonds is 74. The van der Waals surface area contributed by atoms with Crippen molar-refractivity contribution in [2.45, 2.75) is 411 Å². The molecule has 0 radical (unpaired) electrons. The van der Waals surface area contributed by atoms with Gasteiger partial charge in [-0.05, 0) is 51.4 Å². The molecule has 524 valence electrons. The Morgan fingerprint density at radius 1 is 0.337 bits per heavy atom. The molecule has 0 heterocycles. The summed E-state index contributed by atoms with van der Waals surface area (Å²) in [5, 5.41) is 11.8. The predicted octanol–water partition coefficient (Wildman–Crippen LogP) is 23.4. The zero-order valence-corrected chi connectivity index (χ0v) is 60.1. The summed E-state index contributed by atoms with van der Waals surface area (Å²) >= 11 is 0. The van der Waals surface area contributed by atoms with Crippen LogP contribution in [0, 0.1) is 0 Å². The van der Waals surface area contributed by atoms with Crippen LogP contribution in [0.25, 0.3) is 0 Å². The van der Waals surface area contributed by atoms with Crippen molar-refractivity contribution in [1.29, 1.82) is 0 Å². The van der Waals surface area contributed by atoms with E-state index in [0.717, 1.165) is 44.9 Å². The highest BCUT2D eigenvalue weighted by Crippen LogP contribution is 2.20. The second kappa shape index (κ2) is 71.4. The fourth-order valence-corrected chi connectivity index (χ4v) is 11.9. The van der Waals surface area contributed by atoms with Gasteiger partial charge in [0.2, 0.25) is 0 Å². The number of carbonyl (C=O) groups is 3. The van der Waals surface area contributed by atoms with Gasteiger partial charge in [-0.25, -0.2) is 0 Å². The monoisotopic (exact) mass is 1250 g/mol. The van der Waals surface area contributed by atoms with E-state index in [1.807, 2.05) is 21.1 Å². The molecule has 0 aliphatic heterocycles. The number of unbranched alkanes of at least 4 members (excludes halogenated alkanes) is 53. The van der Waals surface area contributed by atoms with Crippen molar-refractivity contribution in [3.8, 4) is 0 Å². The third-order valence-electron chi connectivity index (χ3n) is 17.9. The molecular weight excluding hydrogens is 1100 g/mol. The van der Waals surface area contributed by atoms with Gasteiger partial charge in [-0.3, -0.25) is 9.59 Å². The summed E-state index contributed by atoms with van der Waals surface area (Å²) in [6, 6.07) is 0. The Bertz CT molecular complexity index is 1550. The molecule has 0 aliphatic carbocycles. The number of allylic oxidation sites excluding steroid dienone is 6. The van der Waals surface area contributed by atoms with E-state index < -0.39 is 24.3 Å². The third kappa shape index (κ3) is 72.8. The minimum absolute atomic E-state index is 0.150. The van der Waals surface area contributed by atoms with Gasteiger partial charge in [-0.2, -0.15) is 0 Å². The largest absolute Gasteiger partial charge is 0.545 e. The molecule has 9 nitrogen and oxygen atoms in total. The van der Waals surface area contributed by atoms with Gasteiger partial charge in [0.05, 0.1) is 40.3 Å². The molecule has 0 aromatic rings. The molecule has 0 bridgehead atoms. The molecule has 0 aromatic heterocycles. The Morgan fingerprint density at radius 2 is 0.607 bits per heavy atom. The lowest BCUT2D eigenvalue weighted by Crippen LogP contribution is -2.44. The number of esters is 2. The van der Waals surface area contributed by atoms with E-state index in [-0.39, 0.29) is 32.2 Å². The fraction of sp³-hybridized carbons (Fsp3) is 0.887. The Hall–Kier alpha value is -2.49. The van der Waals surface area contributed by atoms with Crippen LogP contribution in [0.4, 0.5) is 0 Å². The Morgan fingerprint density at radius 3 is 0.899 bits per heavy atom. The summed E-state index contributed by atoms with van der Waals surface area (Å²) in [5.74, 6) is -2.25.